The molecule has 0 aromatic heterocycles. The van der Waals surface area contributed by atoms with Gasteiger partial charge in [0, 0.05) is 0 Å². The minimum atomic E-state index is 0.0288. The van der Waals surface area contributed by atoms with Gasteiger partial charge in [-0.25, -0.2) is 0 Å². The third-order valence-corrected chi connectivity index (χ3v) is 0.905. The van der Waals surface area contributed by atoms with Gasteiger partial charge in [0.15, 0.2) is 5.78 Å². The second-order valence-corrected chi connectivity index (χ2v) is 1.96. The first-order valence-corrected chi connectivity index (χ1v) is 2.99. The third-order valence-electron chi connectivity index (χ3n) is 0.905. The SMILES string of the molecule is C#CC(C)=CC=CC(C)=O. The highest BCUT2D eigenvalue weighted by molar-refractivity contribution is 5.87. The smallest absolute Gasteiger partial charge is 0.152 e. The van der Waals surface area contributed by atoms with Crippen LogP contribution in [0.3, 0.4) is 0 Å². The second-order valence-electron chi connectivity index (χ2n) is 1.96. The molecule has 0 saturated heterocycles. The van der Waals surface area contributed by atoms with Gasteiger partial charge in [0.2, 0.25) is 0 Å². The van der Waals surface area contributed by atoms with Crippen molar-refractivity contribution in [2.45, 2.75) is 13.8 Å². The molecule has 1 nitrogen and oxygen atoms in total. The second kappa shape index (κ2) is 4.58. The lowest BCUT2D eigenvalue weighted by molar-refractivity contribution is -0.112. The Bertz CT molecular complexity index is 213. The average Bonchev–Trinajstić information content (AvgIpc) is 1.87. The van der Waals surface area contributed by atoms with Gasteiger partial charge in [-0.2, -0.15) is 0 Å². The van der Waals surface area contributed by atoms with E-state index in [0.717, 1.165) is 5.57 Å². The lowest BCUT2D eigenvalue weighted by atomic mass is 10.3. The Labute approximate surface area is 61.4 Å². The van der Waals surface area contributed by atoms with Crippen LogP contribution in [-0.2, 0) is 4.79 Å². The lowest BCUT2D eigenvalue weighted by Gasteiger charge is -1.80. The van der Waals surface area contributed by atoms with Crippen LogP contribution in [0, 0.1) is 12.3 Å². The van der Waals surface area contributed by atoms with Crippen molar-refractivity contribution >= 4 is 5.78 Å². The highest BCUT2D eigenvalue weighted by atomic mass is 16.1. The van der Waals surface area contributed by atoms with Crippen molar-refractivity contribution < 1.29 is 4.79 Å². The van der Waals surface area contributed by atoms with Crippen molar-refractivity contribution in [3.63, 3.8) is 0 Å². The van der Waals surface area contributed by atoms with Gasteiger partial charge in [-0.05, 0) is 25.5 Å². The molecular formula is C9H10O. The molecule has 0 fully saturated rings. The zero-order chi connectivity index (χ0) is 7.98. The van der Waals surface area contributed by atoms with Gasteiger partial charge in [-0.15, -0.1) is 6.42 Å². The van der Waals surface area contributed by atoms with Crippen LogP contribution in [0.1, 0.15) is 13.8 Å². The van der Waals surface area contributed by atoms with Gasteiger partial charge in [0.1, 0.15) is 0 Å². The van der Waals surface area contributed by atoms with Crippen molar-refractivity contribution in [1.82, 2.24) is 0 Å². The summed E-state index contributed by atoms with van der Waals surface area (Å²) < 4.78 is 0. The van der Waals surface area contributed by atoms with Crippen molar-refractivity contribution in [3.8, 4) is 12.3 Å². The van der Waals surface area contributed by atoms with Crippen LogP contribution in [0.5, 0.6) is 0 Å². The first kappa shape index (κ1) is 8.71. The molecule has 0 aliphatic heterocycles. The molecule has 0 heterocycles. The lowest BCUT2D eigenvalue weighted by Crippen LogP contribution is -1.77. The molecule has 0 aliphatic rings. The van der Waals surface area contributed by atoms with E-state index in [1.807, 2.05) is 6.92 Å². The van der Waals surface area contributed by atoms with Crippen LogP contribution in [0.2, 0.25) is 0 Å². The van der Waals surface area contributed by atoms with E-state index in [9.17, 15) is 4.79 Å². The minimum Gasteiger partial charge on any atom is -0.295 e. The maximum Gasteiger partial charge on any atom is 0.152 e. The molecule has 0 bridgehead atoms. The van der Waals surface area contributed by atoms with E-state index in [-0.39, 0.29) is 5.78 Å². The third kappa shape index (κ3) is 4.86. The summed E-state index contributed by atoms with van der Waals surface area (Å²) in [6.07, 6.45) is 9.90. The first-order chi connectivity index (χ1) is 4.66. The van der Waals surface area contributed by atoms with E-state index < -0.39 is 0 Å². The topological polar surface area (TPSA) is 17.1 Å². The molecule has 0 atom stereocenters. The molecule has 0 aromatic carbocycles. The quantitative estimate of drug-likeness (QED) is 0.319. The van der Waals surface area contributed by atoms with Crippen LogP contribution in [0.4, 0.5) is 0 Å². The van der Waals surface area contributed by atoms with Crippen molar-refractivity contribution in [1.29, 1.82) is 0 Å². The summed E-state index contributed by atoms with van der Waals surface area (Å²) in [6, 6.07) is 0. The van der Waals surface area contributed by atoms with Crippen LogP contribution in [0.15, 0.2) is 23.8 Å². The largest absolute Gasteiger partial charge is 0.295 e. The Balaban J connectivity index is 3.98. The van der Waals surface area contributed by atoms with E-state index in [0.29, 0.717) is 0 Å². The minimum absolute atomic E-state index is 0.0288. The van der Waals surface area contributed by atoms with Gasteiger partial charge in [-0.3, -0.25) is 4.79 Å². The maximum absolute atomic E-state index is 10.3. The first-order valence-electron chi connectivity index (χ1n) is 2.99. The molecule has 0 saturated carbocycles. The van der Waals surface area contributed by atoms with Crippen LogP contribution >= 0.6 is 0 Å². The van der Waals surface area contributed by atoms with Crippen molar-refractivity contribution in [2.24, 2.45) is 0 Å². The molecular weight excluding hydrogens is 124 g/mol. The summed E-state index contributed by atoms with van der Waals surface area (Å²) >= 11 is 0. The van der Waals surface area contributed by atoms with Gasteiger partial charge in [-0.1, -0.05) is 18.1 Å². The number of hydrogen-bond acceptors (Lipinski definition) is 1. The summed E-state index contributed by atoms with van der Waals surface area (Å²) in [5.74, 6) is 2.47. The molecule has 0 rings (SSSR count). The number of hydrogen-bond donors (Lipinski definition) is 0. The summed E-state index contributed by atoms with van der Waals surface area (Å²) in [4.78, 5) is 10.3. The van der Waals surface area contributed by atoms with Crippen LogP contribution in [0.25, 0.3) is 0 Å². The molecule has 0 unspecified atom stereocenters. The molecule has 0 radical (unpaired) electrons. The Morgan fingerprint density at radius 3 is 2.50 bits per heavy atom. The molecule has 1 heteroatoms. The van der Waals surface area contributed by atoms with Gasteiger partial charge in [0.25, 0.3) is 0 Å². The fourth-order valence-electron chi connectivity index (χ4n) is 0.376. The standard InChI is InChI=1S/C9H10O/c1-4-8(2)6-5-7-9(3)10/h1,5-7H,2-3H3. The Morgan fingerprint density at radius 2 is 2.10 bits per heavy atom. The molecule has 0 aliphatic carbocycles. The summed E-state index contributed by atoms with van der Waals surface area (Å²) in [7, 11) is 0. The zero-order valence-electron chi connectivity index (χ0n) is 6.22. The Kier molecular flexibility index (Phi) is 3.99. The number of carbonyl (C=O) groups is 1. The number of carbonyl (C=O) groups excluding carboxylic acids is 1. The van der Waals surface area contributed by atoms with E-state index in [2.05, 4.69) is 5.92 Å². The van der Waals surface area contributed by atoms with Crippen LogP contribution < -0.4 is 0 Å². The average molecular weight is 134 g/mol. The molecule has 52 valence electrons. The normalized spacial score (nSPS) is 11.5. The monoisotopic (exact) mass is 134 g/mol. The fourth-order valence-corrected chi connectivity index (χ4v) is 0.376. The summed E-state index contributed by atoms with van der Waals surface area (Å²) in [5, 5.41) is 0. The maximum atomic E-state index is 10.3. The molecule has 0 aromatic rings. The molecule has 0 N–H and O–H groups in total. The molecule has 0 amide bonds. The molecule has 10 heavy (non-hydrogen) atoms. The van der Waals surface area contributed by atoms with Gasteiger partial charge in [0.05, 0.1) is 0 Å². The predicted octanol–water partition coefficient (Wildman–Crippen LogP) is 1.71. The van der Waals surface area contributed by atoms with Crippen molar-refractivity contribution in [2.75, 3.05) is 0 Å². The van der Waals surface area contributed by atoms with Crippen molar-refractivity contribution in [3.05, 3.63) is 23.8 Å². The van der Waals surface area contributed by atoms with Gasteiger partial charge >= 0.3 is 0 Å². The Hall–Kier alpha value is -1.29. The zero-order valence-corrected chi connectivity index (χ0v) is 6.22. The van der Waals surface area contributed by atoms with Gasteiger partial charge < -0.3 is 0 Å². The Morgan fingerprint density at radius 1 is 1.50 bits per heavy atom. The van der Waals surface area contributed by atoms with E-state index in [1.54, 1.807) is 12.2 Å². The number of allylic oxidation sites excluding steroid dienone is 4. The van der Waals surface area contributed by atoms with E-state index in [4.69, 9.17) is 6.42 Å². The summed E-state index contributed by atoms with van der Waals surface area (Å²) in [6.45, 7) is 3.31. The summed E-state index contributed by atoms with van der Waals surface area (Å²) in [5.41, 5.74) is 0.817. The number of terminal acetylenes is 1. The highest BCUT2D eigenvalue weighted by Gasteiger charge is 1.78. The molecule has 0 spiro atoms. The van der Waals surface area contributed by atoms with E-state index in [1.165, 1.54) is 13.0 Å². The number of ketones is 1. The van der Waals surface area contributed by atoms with E-state index >= 15 is 0 Å². The predicted molar refractivity (Wildman–Crippen MR) is 42.4 cm³/mol. The number of rotatable bonds is 2. The van der Waals surface area contributed by atoms with Crippen LogP contribution in [-0.4, -0.2) is 5.78 Å². The fraction of sp³-hybridized carbons (Fsp3) is 0.222. The highest BCUT2D eigenvalue weighted by Crippen LogP contribution is 1.88.